The minimum atomic E-state index is -3.72. The van der Waals surface area contributed by atoms with Gasteiger partial charge in [0.05, 0.1) is 11.4 Å². The van der Waals surface area contributed by atoms with Crippen LogP contribution in [0.15, 0.2) is 29.2 Å². The molecule has 22 heavy (non-hydrogen) atoms. The number of rotatable bonds is 5. The van der Waals surface area contributed by atoms with Crippen LogP contribution in [0.3, 0.4) is 0 Å². The van der Waals surface area contributed by atoms with Gasteiger partial charge in [-0.2, -0.15) is 0 Å². The summed E-state index contributed by atoms with van der Waals surface area (Å²) in [5, 5.41) is 7.77. The van der Waals surface area contributed by atoms with Crippen molar-refractivity contribution in [1.29, 1.82) is 0 Å². The van der Waals surface area contributed by atoms with E-state index < -0.39 is 10.0 Å². The molecule has 1 aliphatic heterocycles. The molecule has 1 heterocycles. The molecule has 1 aliphatic rings. The SMILES string of the molecule is CC1(CN)CCN(CC(=O)Nc2ccc(S(N)(=O)=O)cc2)C1. The molecule has 2 rings (SSSR count). The van der Waals surface area contributed by atoms with E-state index in [0.717, 1.165) is 19.5 Å². The van der Waals surface area contributed by atoms with Gasteiger partial charge in [-0.05, 0) is 49.2 Å². The third-order valence-corrected chi connectivity index (χ3v) is 4.89. The molecule has 1 aromatic carbocycles. The van der Waals surface area contributed by atoms with Crippen LogP contribution in [0, 0.1) is 5.41 Å². The summed E-state index contributed by atoms with van der Waals surface area (Å²) in [4.78, 5) is 14.1. The molecule has 7 nitrogen and oxygen atoms in total. The number of carbonyl (C=O) groups is 1. The summed E-state index contributed by atoms with van der Waals surface area (Å²) in [6.45, 7) is 4.69. The van der Waals surface area contributed by atoms with Crippen LogP contribution in [0.25, 0.3) is 0 Å². The summed E-state index contributed by atoms with van der Waals surface area (Å²) in [5.74, 6) is -0.135. The Kier molecular flexibility index (Phi) is 4.86. The Labute approximate surface area is 130 Å². The smallest absolute Gasteiger partial charge is 0.238 e. The lowest BCUT2D eigenvalue weighted by molar-refractivity contribution is -0.117. The highest BCUT2D eigenvalue weighted by Gasteiger charge is 2.33. The molecule has 0 aromatic heterocycles. The molecule has 1 saturated heterocycles. The summed E-state index contributed by atoms with van der Waals surface area (Å²) in [6.07, 6.45) is 0.986. The van der Waals surface area contributed by atoms with Crippen molar-refractivity contribution in [3.8, 4) is 0 Å². The molecule has 0 spiro atoms. The van der Waals surface area contributed by atoms with Crippen LogP contribution in [0.5, 0.6) is 0 Å². The second-order valence-corrected chi connectivity index (χ2v) is 7.65. The van der Waals surface area contributed by atoms with E-state index in [2.05, 4.69) is 17.1 Å². The van der Waals surface area contributed by atoms with Gasteiger partial charge < -0.3 is 11.1 Å². The van der Waals surface area contributed by atoms with Gasteiger partial charge in [-0.3, -0.25) is 9.69 Å². The average Bonchev–Trinajstić information content (AvgIpc) is 2.80. The first-order valence-electron chi connectivity index (χ1n) is 7.07. The number of sulfonamides is 1. The van der Waals surface area contributed by atoms with Gasteiger partial charge in [-0.15, -0.1) is 0 Å². The largest absolute Gasteiger partial charge is 0.330 e. The first-order chi connectivity index (χ1) is 10.2. The summed E-state index contributed by atoms with van der Waals surface area (Å²) in [5.41, 5.74) is 6.37. The lowest BCUT2D eigenvalue weighted by Crippen LogP contribution is -2.35. The van der Waals surface area contributed by atoms with Crippen molar-refractivity contribution in [3.63, 3.8) is 0 Å². The third kappa shape index (κ3) is 4.26. The number of primary sulfonamides is 1. The summed E-state index contributed by atoms with van der Waals surface area (Å²) in [7, 11) is -3.72. The van der Waals surface area contributed by atoms with E-state index in [1.807, 2.05) is 0 Å². The van der Waals surface area contributed by atoms with Crippen LogP contribution in [0.4, 0.5) is 5.69 Å². The van der Waals surface area contributed by atoms with Gasteiger partial charge in [0.15, 0.2) is 0 Å². The Morgan fingerprint density at radius 2 is 2.00 bits per heavy atom. The first kappa shape index (κ1) is 16.9. The molecule has 8 heteroatoms. The van der Waals surface area contributed by atoms with E-state index in [1.54, 1.807) is 0 Å². The minimum absolute atomic E-state index is 0.0174. The third-order valence-electron chi connectivity index (χ3n) is 3.96. The van der Waals surface area contributed by atoms with Crippen molar-refractivity contribution in [3.05, 3.63) is 24.3 Å². The Balaban J connectivity index is 1.90. The number of hydrogen-bond acceptors (Lipinski definition) is 5. The zero-order valence-corrected chi connectivity index (χ0v) is 13.4. The maximum absolute atomic E-state index is 12.0. The lowest BCUT2D eigenvalue weighted by Gasteiger charge is -2.22. The topological polar surface area (TPSA) is 119 Å². The fourth-order valence-electron chi connectivity index (χ4n) is 2.56. The second-order valence-electron chi connectivity index (χ2n) is 6.09. The predicted molar refractivity (Wildman–Crippen MR) is 84.7 cm³/mol. The maximum atomic E-state index is 12.0. The number of benzene rings is 1. The van der Waals surface area contributed by atoms with E-state index in [0.29, 0.717) is 18.8 Å². The maximum Gasteiger partial charge on any atom is 0.238 e. The van der Waals surface area contributed by atoms with Crippen molar-refractivity contribution < 1.29 is 13.2 Å². The lowest BCUT2D eigenvalue weighted by atomic mass is 9.90. The molecule has 1 aromatic rings. The highest BCUT2D eigenvalue weighted by Crippen LogP contribution is 2.28. The Morgan fingerprint density at radius 3 is 2.50 bits per heavy atom. The Morgan fingerprint density at radius 1 is 1.36 bits per heavy atom. The normalized spacial score (nSPS) is 22.7. The quantitative estimate of drug-likeness (QED) is 0.700. The standard InChI is InChI=1S/C14H22N4O3S/c1-14(9-15)6-7-18(10-14)8-13(19)17-11-2-4-12(5-3-11)22(16,20)21/h2-5H,6-10,15H2,1H3,(H,17,19)(H2,16,20,21). The summed E-state index contributed by atoms with van der Waals surface area (Å²) >= 11 is 0. The van der Waals surface area contributed by atoms with Crippen molar-refractivity contribution in [2.75, 3.05) is 31.5 Å². The zero-order valence-electron chi connectivity index (χ0n) is 12.6. The van der Waals surface area contributed by atoms with Crippen molar-refractivity contribution in [1.82, 2.24) is 4.90 Å². The van der Waals surface area contributed by atoms with Crippen LogP contribution in [0.1, 0.15) is 13.3 Å². The number of carbonyl (C=O) groups excluding carboxylic acids is 1. The van der Waals surface area contributed by atoms with Gasteiger partial charge in [0.2, 0.25) is 15.9 Å². The number of hydrogen-bond donors (Lipinski definition) is 3. The van der Waals surface area contributed by atoms with Crippen LogP contribution >= 0.6 is 0 Å². The van der Waals surface area contributed by atoms with E-state index in [1.165, 1.54) is 24.3 Å². The second kappa shape index (κ2) is 6.33. The number of anilines is 1. The fourth-order valence-corrected chi connectivity index (χ4v) is 3.07. The molecule has 0 bridgehead atoms. The van der Waals surface area contributed by atoms with Gasteiger partial charge >= 0.3 is 0 Å². The molecule has 1 atom stereocenters. The monoisotopic (exact) mass is 326 g/mol. The van der Waals surface area contributed by atoms with Crippen LogP contribution < -0.4 is 16.2 Å². The average molecular weight is 326 g/mol. The van der Waals surface area contributed by atoms with Crippen LogP contribution in [-0.2, 0) is 14.8 Å². The van der Waals surface area contributed by atoms with Gasteiger partial charge in [0.1, 0.15) is 0 Å². The minimum Gasteiger partial charge on any atom is -0.330 e. The van der Waals surface area contributed by atoms with Gasteiger partial charge in [-0.1, -0.05) is 6.92 Å². The molecule has 122 valence electrons. The molecule has 0 saturated carbocycles. The molecular weight excluding hydrogens is 304 g/mol. The fraction of sp³-hybridized carbons (Fsp3) is 0.500. The van der Waals surface area contributed by atoms with E-state index in [4.69, 9.17) is 10.9 Å². The molecule has 1 amide bonds. The number of amides is 1. The Hall–Kier alpha value is -1.48. The van der Waals surface area contributed by atoms with Crippen molar-refractivity contribution in [2.24, 2.45) is 16.3 Å². The van der Waals surface area contributed by atoms with Crippen LogP contribution in [-0.4, -0.2) is 45.4 Å². The number of nitrogens with two attached hydrogens (primary N) is 2. The van der Waals surface area contributed by atoms with Crippen molar-refractivity contribution in [2.45, 2.75) is 18.2 Å². The number of nitrogens with zero attached hydrogens (tertiary/aromatic N) is 1. The molecule has 1 unspecified atom stereocenters. The van der Waals surface area contributed by atoms with Crippen molar-refractivity contribution >= 4 is 21.6 Å². The highest BCUT2D eigenvalue weighted by molar-refractivity contribution is 7.89. The molecule has 0 radical (unpaired) electrons. The molecule has 0 aliphatic carbocycles. The predicted octanol–water partition coefficient (Wildman–Crippen LogP) is -0.0568. The van der Waals surface area contributed by atoms with E-state index in [-0.39, 0.29) is 16.2 Å². The Bertz CT molecular complexity index is 645. The molecular formula is C14H22N4O3S. The molecule has 5 N–H and O–H groups in total. The zero-order chi connectivity index (χ0) is 16.4. The van der Waals surface area contributed by atoms with Crippen LogP contribution in [0.2, 0.25) is 0 Å². The number of likely N-dealkylation sites (tertiary alicyclic amines) is 1. The van der Waals surface area contributed by atoms with Gasteiger partial charge in [0, 0.05) is 12.2 Å². The molecule has 1 fully saturated rings. The first-order valence-corrected chi connectivity index (χ1v) is 8.62. The van der Waals surface area contributed by atoms with E-state index >= 15 is 0 Å². The summed E-state index contributed by atoms with van der Waals surface area (Å²) < 4.78 is 22.3. The van der Waals surface area contributed by atoms with Gasteiger partial charge in [0.25, 0.3) is 0 Å². The van der Waals surface area contributed by atoms with Gasteiger partial charge in [-0.25, -0.2) is 13.6 Å². The highest BCUT2D eigenvalue weighted by atomic mass is 32.2. The number of nitrogens with one attached hydrogen (secondary N) is 1. The summed E-state index contributed by atoms with van der Waals surface area (Å²) in [6, 6.07) is 5.77. The van der Waals surface area contributed by atoms with E-state index in [9.17, 15) is 13.2 Å².